The molecule has 4 nitrogen and oxygen atoms in total. The van der Waals surface area contributed by atoms with E-state index in [9.17, 15) is 19.4 Å². The molecule has 0 amide bonds. The van der Waals surface area contributed by atoms with E-state index in [0.29, 0.717) is 17.0 Å². The van der Waals surface area contributed by atoms with E-state index in [-0.39, 0.29) is 17.1 Å². The third kappa shape index (κ3) is 4.49. The molecule has 0 saturated carbocycles. The number of aryl methyl sites for hydroxylation is 1. The molecule has 6 heteroatoms. The first-order valence-electron chi connectivity index (χ1n) is 5.88. The zero-order chi connectivity index (χ0) is 14.6. The quantitative estimate of drug-likeness (QED) is 0.719. The van der Waals surface area contributed by atoms with Crippen molar-refractivity contribution in [3.63, 3.8) is 0 Å². The zero-order valence-electron chi connectivity index (χ0n) is 10.9. The lowest BCUT2D eigenvalue weighted by molar-refractivity contribution is -0.109. The number of aliphatic hydroxyl groups excluding tert-OH is 2. The number of halogens is 1. The summed E-state index contributed by atoms with van der Waals surface area (Å²) in [6.07, 6.45) is -2.25. The number of nitrogen functional groups attached to an aromatic ring is 1. The molecule has 0 heterocycles. The number of hydrogen-bond acceptors (Lipinski definition) is 5. The number of hydrogen-bond donors (Lipinski definition) is 3. The summed E-state index contributed by atoms with van der Waals surface area (Å²) < 4.78 is 13.7. The maximum absolute atomic E-state index is 13.7. The molecule has 0 aliphatic carbocycles. The van der Waals surface area contributed by atoms with Crippen molar-refractivity contribution in [1.82, 2.24) is 0 Å². The molecule has 106 valence electrons. The summed E-state index contributed by atoms with van der Waals surface area (Å²) >= 11 is 1.06. The number of benzene rings is 1. The third-order valence-electron chi connectivity index (χ3n) is 2.79. The Bertz CT molecular complexity index is 467. The van der Waals surface area contributed by atoms with Crippen LogP contribution in [0, 0.1) is 12.7 Å². The van der Waals surface area contributed by atoms with Crippen LogP contribution in [0.25, 0.3) is 0 Å². The van der Waals surface area contributed by atoms with Gasteiger partial charge in [0.05, 0.1) is 6.10 Å². The number of carbonyl (C=O) groups is 1. The van der Waals surface area contributed by atoms with E-state index in [4.69, 9.17) is 5.73 Å². The highest BCUT2D eigenvalue weighted by atomic mass is 32.2. The van der Waals surface area contributed by atoms with Crippen LogP contribution in [0.15, 0.2) is 12.1 Å². The molecule has 1 aromatic rings. The highest BCUT2D eigenvalue weighted by Crippen LogP contribution is 2.26. The van der Waals surface area contributed by atoms with E-state index in [0.717, 1.165) is 17.8 Å². The summed E-state index contributed by atoms with van der Waals surface area (Å²) in [5.74, 6) is -0.266. The SMILES string of the molecule is CC(=O)SCCC(O)C(O)c1cc(C)c(N)cc1F. The first-order chi connectivity index (χ1) is 8.82. The van der Waals surface area contributed by atoms with Crippen LogP contribution in [0.3, 0.4) is 0 Å². The Hall–Kier alpha value is -1.11. The maximum Gasteiger partial charge on any atom is 0.185 e. The summed E-state index contributed by atoms with van der Waals surface area (Å²) in [6, 6.07) is 2.56. The lowest BCUT2D eigenvalue weighted by atomic mass is 9.99. The summed E-state index contributed by atoms with van der Waals surface area (Å²) in [7, 11) is 0. The van der Waals surface area contributed by atoms with Crippen LogP contribution in [-0.2, 0) is 4.79 Å². The Balaban J connectivity index is 2.73. The average Bonchev–Trinajstić information content (AvgIpc) is 2.32. The van der Waals surface area contributed by atoms with E-state index in [1.807, 2.05) is 0 Å². The highest BCUT2D eigenvalue weighted by Gasteiger charge is 2.22. The average molecular weight is 287 g/mol. The third-order valence-corrected chi connectivity index (χ3v) is 3.63. The number of carbonyl (C=O) groups excluding carboxylic acids is 1. The second kappa shape index (κ2) is 6.88. The van der Waals surface area contributed by atoms with Crippen molar-refractivity contribution >= 4 is 22.6 Å². The number of thioether (sulfide) groups is 1. The maximum atomic E-state index is 13.7. The predicted molar refractivity (Wildman–Crippen MR) is 74.3 cm³/mol. The van der Waals surface area contributed by atoms with Gasteiger partial charge in [-0.3, -0.25) is 4.79 Å². The van der Waals surface area contributed by atoms with Gasteiger partial charge < -0.3 is 15.9 Å². The molecule has 0 fully saturated rings. The molecule has 0 aliphatic heterocycles. The Morgan fingerprint density at radius 3 is 2.68 bits per heavy atom. The van der Waals surface area contributed by atoms with Crippen LogP contribution in [0.1, 0.15) is 30.6 Å². The van der Waals surface area contributed by atoms with Gasteiger partial charge in [-0.15, -0.1) is 0 Å². The van der Waals surface area contributed by atoms with Crippen molar-refractivity contribution in [1.29, 1.82) is 0 Å². The molecule has 0 aliphatic rings. The van der Waals surface area contributed by atoms with Crippen molar-refractivity contribution in [3.8, 4) is 0 Å². The summed E-state index contributed by atoms with van der Waals surface area (Å²) in [6.45, 7) is 3.12. The molecular weight excluding hydrogens is 269 g/mol. The smallest absolute Gasteiger partial charge is 0.185 e. The molecule has 2 atom stereocenters. The molecule has 0 aromatic heterocycles. The standard InChI is InChI=1S/C13H18FNO3S/c1-7-5-9(10(14)6-11(7)15)13(18)12(17)3-4-19-8(2)16/h5-6,12-13,17-18H,3-4,15H2,1-2H3. The van der Waals surface area contributed by atoms with Crippen molar-refractivity contribution in [2.24, 2.45) is 0 Å². The lowest BCUT2D eigenvalue weighted by Crippen LogP contribution is -2.20. The van der Waals surface area contributed by atoms with Crippen LogP contribution in [0.2, 0.25) is 0 Å². The molecule has 1 rings (SSSR count). The van der Waals surface area contributed by atoms with E-state index >= 15 is 0 Å². The van der Waals surface area contributed by atoms with E-state index < -0.39 is 18.0 Å². The van der Waals surface area contributed by atoms with Gasteiger partial charge in [-0.25, -0.2) is 4.39 Å². The molecule has 0 saturated heterocycles. The van der Waals surface area contributed by atoms with Crippen molar-refractivity contribution < 1.29 is 19.4 Å². The predicted octanol–water partition coefficient (Wildman–Crippen LogP) is 1.78. The Kier molecular flexibility index (Phi) is 5.78. The molecule has 4 N–H and O–H groups in total. The molecular formula is C13H18FNO3S. The fourth-order valence-corrected chi connectivity index (χ4v) is 2.28. The monoisotopic (exact) mass is 287 g/mol. The van der Waals surface area contributed by atoms with Gasteiger partial charge in [0.1, 0.15) is 11.9 Å². The number of rotatable bonds is 5. The highest BCUT2D eigenvalue weighted by molar-refractivity contribution is 8.13. The summed E-state index contributed by atoms with van der Waals surface area (Å²) in [5, 5.41) is 19.7. The summed E-state index contributed by atoms with van der Waals surface area (Å²) in [4.78, 5) is 10.7. The van der Waals surface area contributed by atoms with Crippen molar-refractivity contribution in [3.05, 3.63) is 29.1 Å². The van der Waals surface area contributed by atoms with Crippen LogP contribution in [-0.4, -0.2) is 27.2 Å². The molecule has 1 aromatic carbocycles. The molecule has 0 radical (unpaired) electrons. The van der Waals surface area contributed by atoms with Gasteiger partial charge in [0, 0.05) is 23.9 Å². The van der Waals surface area contributed by atoms with E-state index in [1.54, 1.807) is 6.92 Å². The number of nitrogens with two attached hydrogens (primary N) is 1. The minimum atomic E-state index is -1.33. The van der Waals surface area contributed by atoms with Gasteiger partial charge in [-0.2, -0.15) is 0 Å². The first kappa shape index (κ1) is 15.9. The van der Waals surface area contributed by atoms with Gasteiger partial charge in [-0.05, 0) is 31.0 Å². The molecule has 0 spiro atoms. The lowest BCUT2D eigenvalue weighted by Gasteiger charge is -2.19. The fraction of sp³-hybridized carbons (Fsp3) is 0.462. The molecule has 19 heavy (non-hydrogen) atoms. The Labute approximate surface area is 115 Å². The molecule has 0 bridgehead atoms. The topological polar surface area (TPSA) is 83.5 Å². The van der Waals surface area contributed by atoms with Gasteiger partial charge in [0.2, 0.25) is 0 Å². The number of anilines is 1. The van der Waals surface area contributed by atoms with Crippen molar-refractivity contribution in [2.75, 3.05) is 11.5 Å². The largest absolute Gasteiger partial charge is 0.398 e. The summed E-state index contributed by atoms with van der Waals surface area (Å²) in [5.41, 5.74) is 6.52. The zero-order valence-corrected chi connectivity index (χ0v) is 11.7. The van der Waals surface area contributed by atoms with Crippen LogP contribution < -0.4 is 5.73 Å². The van der Waals surface area contributed by atoms with Gasteiger partial charge in [-0.1, -0.05) is 11.8 Å². The minimum absolute atomic E-state index is 0.0204. The van der Waals surface area contributed by atoms with Crippen LogP contribution >= 0.6 is 11.8 Å². The minimum Gasteiger partial charge on any atom is -0.398 e. The van der Waals surface area contributed by atoms with Crippen LogP contribution in [0.4, 0.5) is 10.1 Å². The Morgan fingerprint density at radius 2 is 2.11 bits per heavy atom. The van der Waals surface area contributed by atoms with Gasteiger partial charge in [0.15, 0.2) is 5.12 Å². The van der Waals surface area contributed by atoms with E-state index in [1.165, 1.54) is 13.0 Å². The first-order valence-corrected chi connectivity index (χ1v) is 6.86. The van der Waals surface area contributed by atoms with Gasteiger partial charge in [0.25, 0.3) is 0 Å². The Morgan fingerprint density at radius 1 is 1.47 bits per heavy atom. The van der Waals surface area contributed by atoms with E-state index in [2.05, 4.69) is 0 Å². The fourth-order valence-electron chi connectivity index (χ4n) is 1.63. The second-order valence-electron chi connectivity index (χ2n) is 4.37. The second-order valence-corrected chi connectivity index (χ2v) is 5.64. The molecule has 2 unspecified atom stereocenters. The van der Waals surface area contributed by atoms with Gasteiger partial charge >= 0.3 is 0 Å². The van der Waals surface area contributed by atoms with Crippen LogP contribution in [0.5, 0.6) is 0 Å². The normalized spacial score (nSPS) is 14.2. The number of aliphatic hydroxyl groups is 2. The van der Waals surface area contributed by atoms with Crippen molar-refractivity contribution in [2.45, 2.75) is 32.5 Å².